The predicted octanol–water partition coefficient (Wildman–Crippen LogP) is 6.59. The molecule has 186 valence electrons. The Kier molecular flexibility index (Phi) is 8.35. The zero-order valence-corrected chi connectivity index (χ0v) is 21.2. The number of hydrogen-bond acceptors (Lipinski definition) is 7. The average Bonchev–Trinajstić information content (AvgIpc) is 3.05. The SMILES string of the molecule is CC(C)(C)OC(=O)N(CCCCC(=O)c1ccc2c(c1)NS(O)(O)N2)CCc1ccccc1Cl. The summed E-state index contributed by atoms with van der Waals surface area (Å²) >= 11 is 6.26. The number of halogens is 1. The van der Waals surface area contributed by atoms with Crippen LogP contribution in [0.4, 0.5) is 16.2 Å². The number of benzene rings is 2. The molecule has 3 rings (SSSR count). The molecule has 1 heterocycles. The van der Waals surface area contributed by atoms with Crippen molar-refractivity contribution in [1.29, 1.82) is 0 Å². The molecule has 0 aliphatic carbocycles. The zero-order valence-electron chi connectivity index (χ0n) is 19.6. The molecule has 0 spiro atoms. The average molecular weight is 510 g/mol. The van der Waals surface area contributed by atoms with Crippen LogP contribution < -0.4 is 9.44 Å². The first kappa shape index (κ1) is 26.2. The lowest BCUT2D eigenvalue weighted by atomic mass is 10.0. The quantitative estimate of drug-likeness (QED) is 0.223. The number of fused-ring (bicyclic) bond motifs is 1. The standard InChI is InChI=1S/C24H32ClN3O5S/c1-24(2,3)33-23(30)28(15-13-17-8-4-5-9-19(17)25)14-7-6-10-22(29)18-11-12-20-21(16-18)27-34(31,32)26-20/h4-5,8-9,11-12,16,26-27,31-32H,6-7,10,13-15H2,1-3H3. The summed E-state index contributed by atoms with van der Waals surface area (Å²) in [4.78, 5) is 27.0. The van der Waals surface area contributed by atoms with Gasteiger partial charge in [-0.25, -0.2) is 4.79 Å². The number of unbranched alkanes of at least 4 members (excludes halogenated alkanes) is 1. The van der Waals surface area contributed by atoms with Gasteiger partial charge in [0.25, 0.3) is 0 Å². The predicted molar refractivity (Wildman–Crippen MR) is 138 cm³/mol. The molecule has 34 heavy (non-hydrogen) atoms. The van der Waals surface area contributed by atoms with E-state index in [1.807, 2.05) is 45.0 Å². The Morgan fingerprint density at radius 1 is 1.03 bits per heavy atom. The fourth-order valence-electron chi connectivity index (χ4n) is 3.53. The number of nitrogens with one attached hydrogen (secondary N) is 2. The monoisotopic (exact) mass is 509 g/mol. The van der Waals surface area contributed by atoms with Gasteiger partial charge in [0, 0.05) is 30.1 Å². The Morgan fingerprint density at radius 3 is 2.44 bits per heavy atom. The molecule has 2 aromatic carbocycles. The molecule has 0 fully saturated rings. The minimum absolute atomic E-state index is 0.0483. The van der Waals surface area contributed by atoms with Gasteiger partial charge >= 0.3 is 6.09 Å². The molecular formula is C24H32ClN3O5S. The minimum Gasteiger partial charge on any atom is -0.444 e. The summed E-state index contributed by atoms with van der Waals surface area (Å²) in [5.41, 5.74) is 1.89. The highest BCUT2D eigenvalue weighted by atomic mass is 35.5. The van der Waals surface area contributed by atoms with Gasteiger partial charge in [-0.1, -0.05) is 29.8 Å². The van der Waals surface area contributed by atoms with Gasteiger partial charge in [0.05, 0.1) is 11.4 Å². The maximum absolute atomic E-state index is 12.7. The van der Waals surface area contributed by atoms with Crippen molar-refractivity contribution in [2.24, 2.45) is 0 Å². The largest absolute Gasteiger partial charge is 0.444 e. The Balaban J connectivity index is 1.53. The van der Waals surface area contributed by atoms with Gasteiger partial charge in [0.15, 0.2) is 5.78 Å². The summed E-state index contributed by atoms with van der Waals surface area (Å²) < 4.78 is 30.1. The molecule has 1 aliphatic heterocycles. The summed E-state index contributed by atoms with van der Waals surface area (Å²) in [6.45, 7) is 6.41. The van der Waals surface area contributed by atoms with Crippen LogP contribution in [0.15, 0.2) is 42.5 Å². The van der Waals surface area contributed by atoms with Crippen LogP contribution >= 0.6 is 22.6 Å². The van der Waals surface area contributed by atoms with Crippen molar-refractivity contribution in [2.45, 2.75) is 52.1 Å². The second-order valence-electron chi connectivity index (χ2n) is 9.20. The number of carbonyl (C=O) groups is 2. The molecule has 10 heteroatoms. The van der Waals surface area contributed by atoms with Crippen LogP contribution in [0.2, 0.25) is 5.02 Å². The van der Waals surface area contributed by atoms with Crippen molar-refractivity contribution in [3.05, 3.63) is 58.6 Å². The van der Waals surface area contributed by atoms with E-state index in [9.17, 15) is 18.7 Å². The van der Waals surface area contributed by atoms with E-state index in [1.54, 1.807) is 23.1 Å². The number of ether oxygens (including phenoxy) is 1. The molecule has 0 saturated carbocycles. The first-order valence-corrected chi connectivity index (χ1v) is 13.1. The molecule has 0 unspecified atom stereocenters. The Bertz CT molecular complexity index is 1040. The lowest BCUT2D eigenvalue weighted by Gasteiger charge is -2.27. The number of hydrogen-bond donors (Lipinski definition) is 4. The molecule has 0 saturated heterocycles. The van der Waals surface area contributed by atoms with E-state index in [1.165, 1.54) is 0 Å². The number of carbonyl (C=O) groups excluding carboxylic acids is 2. The number of Topliss-reactive ketones (excluding diaryl/α,β-unsaturated/α-hetero) is 1. The van der Waals surface area contributed by atoms with Crippen LogP contribution in [0.3, 0.4) is 0 Å². The van der Waals surface area contributed by atoms with Crippen molar-refractivity contribution in [2.75, 3.05) is 22.5 Å². The fraction of sp³-hybridized carbons (Fsp3) is 0.417. The third kappa shape index (κ3) is 7.53. The maximum Gasteiger partial charge on any atom is 0.410 e. The van der Waals surface area contributed by atoms with Crippen LogP contribution in [-0.4, -0.2) is 44.6 Å². The molecule has 0 bridgehead atoms. The fourth-order valence-corrected chi connectivity index (χ4v) is 4.77. The molecule has 1 amide bonds. The van der Waals surface area contributed by atoms with Crippen LogP contribution in [-0.2, 0) is 11.2 Å². The minimum atomic E-state index is -3.10. The van der Waals surface area contributed by atoms with Crippen LogP contribution in [0.1, 0.15) is 56.0 Å². The maximum atomic E-state index is 12.7. The molecule has 4 N–H and O–H groups in total. The van der Waals surface area contributed by atoms with E-state index in [0.29, 0.717) is 60.7 Å². The van der Waals surface area contributed by atoms with E-state index >= 15 is 0 Å². The lowest BCUT2D eigenvalue weighted by Crippen LogP contribution is -2.38. The van der Waals surface area contributed by atoms with Gasteiger partial charge in [0.1, 0.15) is 5.60 Å². The first-order valence-electron chi connectivity index (χ1n) is 11.2. The molecule has 0 atom stereocenters. The Hall–Kier alpha value is -2.46. The van der Waals surface area contributed by atoms with Crippen molar-refractivity contribution < 1.29 is 23.4 Å². The van der Waals surface area contributed by atoms with Gasteiger partial charge in [-0.05, 0) is 80.8 Å². The summed E-state index contributed by atoms with van der Waals surface area (Å²) in [5.74, 6) is -0.0483. The van der Waals surface area contributed by atoms with E-state index in [2.05, 4.69) is 9.44 Å². The van der Waals surface area contributed by atoms with Crippen LogP contribution in [0.25, 0.3) is 0 Å². The van der Waals surface area contributed by atoms with E-state index in [0.717, 1.165) is 5.56 Å². The van der Waals surface area contributed by atoms with E-state index in [-0.39, 0.29) is 11.9 Å². The molecule has 1 aliphatic rings. The summed E-state index contributed by atoms with van der Waals surface area (Å²) in [5, 5.41) is 0.664. The second kappa shape index (κ2) is 10.9. The molecular weight excluding hydrogens is 478 g/mol. The molecule has 0 radical (unpaired) electrons. The smallest absolute Gasteiger partial charge is 0.410 e. The summed E-state index contributed by atoms with van der Waals surface area (Å²) in [6, 6.07) is 12.5. The summed E-state index contributed by atoms with van der Waals surface area (Å²) in [7, 11) is -3.10. The van der Waals surface area contributed by atoms with Crippen LogP contribution in [0, 0.1) is 0 Å². The highest BCUT2D eigenvalue weighted by molar-refractivity contribution is 8.26. The number of anilines is 2. The third-order valence-electron chi connectivity index (χ3n) is 5.19. The van der Waals surface area contributed by atoms with Crippen molar-refractivity contribution in [3.63, 3.8) is 0 Å². The summed E-state index contributed by atoms with van der Waals surface area (Å²) in [6.07, 6.45) is 1.77. The highest BCUT2D eigenvalue weighted by Gasteiger charge is 2.24. The number of ketones is 1. The van der Waals surface area contributed by atoms with E-state index in [4.69, 9.17) is 16.3 Å². The number of amides is 1. The molecule has 0 aromatic heterocycles. The number of rotatable bonds is 9. The Morgan fingerprint density at radius 2 is 1.74 bits per heavy atom. The van der Waals surface area contributed by atoms with Crippen molar-refractivity contribution in [1.82, 2.24) is 4.90 Å². The van der Waals surface area contributed by atoms with Gasteiger partial charge in [-0.2, -0.15) is 0 Å². The molecule has 8 nitrogen and oxygen atoms in total. The topological polar surface area (TPSA) is 111 Å². The third-order valence-corrected chi connectivity index (χ3v) is 6.57. The zero-order chi connectivity index (χ0) is 24.9. The van der Waals surface area contributed by atoms with Gasteiger partial charge in [-0.15, -0.1) is 0 Å². The number of nitrogens with zero attached hydrogens (tertiary/aromatic N) is 1. The van der Waals surface area contributed by atoms with Crippen molar-refractivity contribution >= 4 is 45.8 Å². The normalized spacial score (nSPS) is 15.0. The Labute approximate surface area is 207 Å². The second-order valence-corrected chi connectivity index (χ2v) is 11.1. The van der Waals surface area contributed by atoms with Crippen molar-refractivity contribution in [3.8, 4) is 0 Å². The highest BCUT2D eigenvalue weighted by Crippen LogP contribution is 2.49. The van der Waals surface area contributed by atoms with Gasteiger partial charge < -0.3 is 9.64 Å². The first-order chi connectivity index (χ1) is 15.9. The molecule has 2 aromatic rings. The van der Waals surface area contributed by atoms with Crippen LogP contribution in [0.5, 0.6) is 0 Å². The lowest BCUT2D eigenvalue weighted by molar-refractivity contribution is 0.0249. The van der Waals surface area contributed by atoms with E-state index < -0.39 is 16.6 Å². The van der Waals surface area contributed by atoms with Gasteiger partial charge in [-0.3, -0.25) is 23.3 Å². The van der Waals surface area contributed by atoms with Gasteiger partial charge in [0.2, 0.25) is 0 Å².